The third-order valence-electron chi connectivity index (χ3n) is 4.51. The third-order valence-corrected chi connectivity index (χ3v) is 6.22. The summed E-state index contributed by atoms with van der Waals surface area (Å²) >= 11 is 0. The number of hydrogen-bond donors (Lipinski definition) is 2. The van der Waals surface area contributed by atoms with Crippen LogP contribution in [0.3, 0.4) is 0 Å². The molecule has 1 fully saturated rings. The molecule has 1 aliphatic rings. The Labute approximate surface area is 130 Å². The maximum Gasteiger partial charge on any atom is 0.151 e. The summed E-state index contributed by atoms with van der Waals surface area (Å²) in [5.41, 5.74) is -0.173. The fraction of sp³-hybridized carbons (Fsp3) is 1.00. The third kappa shape index (κ3) is 6.63. The average Bonchev–Trinajstić information content (AvgIpc) is 2.64. The first-order valence-electron chi connectivity index (χ1n) is 8.25. The van der Waals surface area contributed by atoms with Gasteiger partial charge in [0, 0.05) is 12.1 Å². The van der Waals surface area contributed by atoms with Gasteiger partial charge in [-0.25, -0.2) is 8.42 Å². The summed E-state index contributed by atoms with van der Waals surface area (Å²) < 4.78 is 23.2. The molecular formula is C15H32N2O3S. The lowest BCUT2D eigenvalue weighted by Crippen LogP contribution is -2.48. The Balaban J connectivity index is 2.39. The van der Waals surface area contributed by atoms with E-state index in [4.69, 9.17) is 0 Å². The second kappa shape index (κ2) is 9.08. The molecule has 0 bridgehead atoms. The van der Waals surface area contributed by atoms with Gasteiger partial charge in [0.25, 0.3) is 0 Å². The summed E-state index contributed by atoms with van der Waals surface area (Å²) in [6.07, 6.45) is 4.65. The van der Waals surface area contributed by atoms with Crippen molar-refractivity contribution in [1.29, 1.82) is 0 Å². The van der Waals surface area contributed by atoms with E-state index in [1.165, 1.54) is 0 Å². The molecule has 0 aromatic carbocycles. The first-order chi connectivity index (χ1) is 9.97. The van der Waals surface area contributed by atoms with E-state index >= 15 is 0 Å². The van der Waals surface area contributed by atoms with Gasteiger partial charge in [-0.05, 0) is 51.7 Å². The zero-order valence-corrected chi connectivity index (χ0v) is 14.4. The van der Waals surface area contributed by atoms with E-state index in [0.29, 0.717) is 18.1 Å². The molecule has 2 N–H and O–H groups in total. The van der Waals surface area contributed by atoms with Crippen LogP contribution < -0.4 is 5.32 Å². The van der Waals surface area contributed by atoms with Gasteiger partial charge in [0.05, 0.1) is 18.1 Å². The molecule has 6 heteroatoms. The summed E-state index contributed by atoms with van der Waals surface area (Å²) in [5.74, 6) is 0.622. The minimum absolute atomic E-state index is 0.165. The fourth-order valence-corrected chi connectivity index (χ4v) is 4.19. The lowest BCUT2D eigenvalue weighted by molar-refractivity contribution is 0.139. The van der Waals surface area contributed by atoms with E-state index in [-0.39, 0.29) is 12.1 Å². The Bertz CT molecular complexity index is 380. The smallest absolute Gasteiger partial charge is 0.151 e. The molecule has 1 unspecified atom stereocenters. The standard InChI is InChI=1S/C15H32N2O3S/c1-3-8-16-15(4-2,14-18)7-5-9-17-10-6-12-21(19,20)13-11-17/h16,18H,3-14H2,1-2H3. The molecule has 0 spiro atoms. The molecule has 21 heavy (non-hydrogen) atoms. The van der Waals surface area contributed by atoms with Gasteiger partial charge in [0.2, 0.25) is 0 Å². The van der Waals surface area contributed by atoms with Crippen LogP contribution in [0.5, 0.6) is 0 Å². The Morgan fingerprint density at radius 2 is 2.00 bits per heavy atom. The number of rotatable bonds is 9. The predicted molar refractivity (Wildman–Crippen MR) is 87.3 cm³/mol. The van der Waals surface area contributed by atoms with Crippen molar-refractivity contribution in [2.24, 2.45) is 0 Å². The SMILES string of the molecule is CCCNC(CC)(CO)CCCN1CCCS(=O)(=O)CC1. The van der Waals surface area contributed by atoms with E-state index in [1.807, 2.05) is 0 Å². The van der Waals surface area contributed by atoms with Gasteiger partial charge in [-0.2, -0.15) is 0 Å². The summed E-state index contributed by atoms with van der Waals surface area (Å²) in [6, 6.07) is 0. The molecule has 0 aromatic heterocycles. The Morgan fingerprint density at radius 1 is 1.24 bits per heavy atom. The number of nitrogens with one attached hydrogen (secondary N) is 1. The van der Waals surface area contributed by atoms with E-state index in [9.17, 15) is 13.5 Å². The van der Waals surface area contributed by atoms with Crippen molar-refractivity contribution < 1.29 is 13.5 Å². The average molecular weight is 320 g/mol. The van der Waals surface area contributed by atoms with Crippen molar-refractivity contribution in [3.63, 3.8) is 0 Å². The van der Waals surface area contributed by atoms with Crippen molar-refractivity contribution in [2.45, 2.75) is 51.5 Å². The largest absolute Gasteiger partial charge is 0.394 e. The summed E-state index contributed by atoms with van der Waals surface area (Å²) in [5, 5.41) is 13.2. The van der Waals surface area contributed by atoms with Gasteiger partial charge >= 0.3 is 0 Å². The molecule has 1 aliphatic heterocycles. The van der Waals surface area contributed by atoms with Crippen LogP contribution in [0.1, 0.15) is 46.0 Å². The summed E-state index contributed by atoms with van der Waals surface area (Å²) in [6.45, 7) is 7.78. The molecule has 1 atom stereocenters. The predicted octanol–water partition coefficient (Wildman–Crippen LogP) is 1.03. The topological polar surface area (TPSA) is 69.6 Å². The summed E-state index contributed by atoms with van der Waals surface area (Å²) in [4.78, 5) is 2.25. The Hall–Kier alpha value is -0.170. The van der Waals surface area contributed by atoms with Crippen LogP contribution in [0.25, 0.3) is 0 Å². The molecule has 1 heterocycles. The maximum atomic E-state index is 11.6. The van der Waals surface area contributed by atoms with Crippen LogP contribution in [0, 0.1) is 0 Å². The number of hydrogen-bond acceptors (Lipinski definition) is 5. The van der Waals surface area contributed by atoms with Gasteiger partial charge in [0.1, 0.15) is 0 Å². The van der Waals surface area contributed by atoms with E-state index < -0.39 is 9.84 Å². The van der Waals surface area contributed by atoms with Crippen molar-refractivity contribution in [3.8, 4) is 0 Å². The van der Waals surface area contributed by atoms with Crippen molar-refractivity contribution in [3.05, 3.63) is 0 Å². The second-order valence-corrected chi connectivity index (χ2v) is 8.47. The fourth-order valence-electron chi connectivity index (χ4n) is 2.88. The second-order valence-electron chi connectivity index (χ2n) is 6.17. The first kappa shape index (κ1) is 18.9. The van der Waals surface area contributed by atoms with Crippen LogP contribution in [0.15, 0.2) is 0 Å². The molecule has 1 saturated heterocycles. The van der Waals surface area contributed by atoms with Crippen LogP contribution in [0.2, 0.25) is 0 Å². The van der Waals surface area contributed by atoms with E-state index in [0.717, 1.165) is 51.7 Å². The van der Waals surface area contributed by atoms with E-state index in [1.54, 1.807) is 0 Å². The molecular weight excluding hydrogens is 288 g/mol. The van der Waals surface area contributed by atoms with E-state index in [2.05, 4.69) is 24.1 Å². The highest BCUT2D eigenvalue weighted by atomic mass is 32.2. The first-order valence-corrected chi connectivity index (χ1v) is 10.1. The highest BCUT2D eigenvalue weighted by molar-refractivity contribution is 7.91. The van der Waals surface area contributed by atoms with Crippen LogP contribution in [-0.4, -0.2) is 68.3 Å². The molecule has 0 aliphatic carbocycles. The molecule has 0 aromatic rings. The van der Waals surface area contributed by atoms with Gasteiger partial charge in [-0.1, -0.05) is 13.8 Å². The monoisotopic (exact) mass is 320 g/mol. The normalized spacial score (nSPS) is 22.6. The van der Waals surface area contributed by atoms with Gasteiger partial charge in [-0.3, -0.25) is 0 Å². The minimum atomic E-state index is -2.82. The number of aliphatic hydroxyl groups excluding tert-OH is 1. The molecule has 5 nitrogen and oxygen atoms in total. The molecule has 0 radical (unpaired) electrons. The quantitative estimate of drug-likeness (QED) is 0.664. The molecule has 0 saturated carbocycles. The highest BCUT2D eigenvalue weighted by Gasteiger charge is 2.26. The molecule has 0 amide bonds. The van der Waals surface area contributed by atoms with Crippen molar-refractivity contribution in [1.82, 2.24) is 10.2 Å². The van der Waals surface area contributed by atoms with Crippen molar-refractivity contribution in [2.75, 3.05) is 44.3 Å². The van der Waals surface area contributed by atoms with Crippen molar-refractivity contribution >= 4 is 9.84 Å². The van der Waals surface area contributed by atoms with Gasteiger partial charge in [0.15, 0.2) is 9.84 Å². The van der Waals surface area contributed by atoms with Gasteiger partial charge < -0.3 is 15.3 Å². The Morgan fingerprint density at radius 3 is 2.62 bits per heavy atom. The number of aliphatic hydroxyl groups is 1. The van der Waals surface area contributed by atoms with Gasteiger partial charge in [-0.15, -0.1) is 0 Å². The highest BCUT2D eigenvalue weighted by Crippen LogP contribution is 2.18. The number of sulfone groups is 1. The van der Waals surface area contributed by atoms with Crippen LogP contribution in [-0.2, 0) is 9.84 Å². The molecule has 126 valence electrons. The lowest BCUT2D eigenvalue weighted by atomic mass is 9.91. The lowest BCUT2D eigenvalue weighted by Gasteiger charge is -2.33. The zero-order chi connectivity index (χ0) is 15.8. The molecule has 1 rings (SSSR count). The van der Waals surface area contributed by atoms with Crippen LogP contribution in [0.4, 0.5) is 0 Å². The zero-order valence-electron chi connectivity index (χ0n) is 13.6. The maximum absolute atomic E-state index is 11.6. The minimum Gasteiger partial charge on any atom is -0.394 e. The number of nitrogens with zero attached hydrogens (tertiary/aromatic N) is 1. The summed E-state index contributed by atoms with van der Waals surface area (Å²) in [7, 11) is -2.82. The Kier molecular flexibility index (Phi) is 8.16. The van der Waals surface area contributed by atoms with Crippen LogP contribution >= 0.6 is 0 Å².